The maximum Gasteiger partial charge on any atom is 0.417 e. The predicted molar refractivity (Wildman–Crippen MR) is 125 cm³/mol. The molecule has 3 N–H and O–H groups in total. The summed E-state index contributed by atoms with van der Waals surface area (Å²) in [5.41, 5.74) is 0.626. The molecule has 0 radical (unpaired) electrons. The van der Waals surface area contributed by atoms with Gasteiger partial charge in [0.05, 0.1) is 17.0 Å². The zero-order valence-corrected chi connectivity index (χ0v) is 19.6. The Morgan fingerprint density at radius 1 is 1.00 bits per heavy atom. The Labute approximate surface area is 200 Å². The van der Waals surface area contributed by atoms with Crippen molar-refractivity contribution in [2.24, 2.45) is 0 Å². The predicted octanol–water partition coefficient (Wildman–Crippen LogP) is 0.616. The first-order valence-electron chi connectivity index (χ1n) is 11.1. The van der Waals surface area contributed by atoms with Crippen LogP contribution in [-0.2, 0) is 14.8 Å². The highest BCUT2D eigenvalue weighted by molar-refractivity contribution is 7.89. The first-order chi connectivity index (χ1) is 16.8. The van der Waals surface area contributed by atoms with Gasteiger partial charge < -0.3 is 19.8 Å². The summed E-state index contributed by atoms with van der Waals surface area (Å²) in [4.78, 5) is 42.7. The van der Waals surface area contributed by atoms with Crippen LogP contribution in [0.25, 0.3) is 11.1 Å². The fourth-order valence-corrected chi connectivity index (χ4v) is 5.19. The molecule has 12 nitrogen and oxygen atoms in total. The Bertz CT molecular complexity index is 1380. The van der Waals surface area contributed by atoms with E-state index in [9.17, 15) is 22.8 Å². The van der Waals surface area contributed by atoms with Crippen LogP contribution < -0.4 is 21.1 Å². The number of carbonyl (C=O) groups is 2. The average molecular weight is 504 g/mol. The molecule has 3 aromatic rings. The number of nitrogens with zero attached hydrogens (tertiary/aromatic N) is 2. The Kier molecular flexibility index (Phi) is 7.46. The lowest BCUT2D eigenvalue weighted by Crippen LogP contribution is -2.36. The molecule has 0 aliphatic carbocycles. The minimum atomic E-state index is -3.96. The van der Waals surface area contributed by atoms with E-state index in [4.69, 9.17) is 9.15 Å². The third-order valence-corrected chi connectivity index (χ3v) is 7.27. The second-order valence-electron chi connectivity index (χ2n) is 7.84. The number of hydrogen-bond donors (Lipinski definition) is 3. The highest BCUT2D eigenvalue weighted by Gasteiger charge is 2.25. The maximum atomic E-state index is 13.4. The minimum Gasteiger partial charge on any atom is -0.489 e. The molecule has 1 aromatic carbocycles. The van der Waals surface area contributed by atoms with E-state index in [0.29, 0.717) is 24.1 Å². The third-order valence-electron chi connectivity index (χ3n) is 5.38. The molecule has 0 atom stereocenters. The number of fused-ring (bicyclic) bond motifs is 2. The summed E-state index contributed by atoms with van der Waals surface area (Å²) < 4.78 is 38.6. The van der Waals surface area contributed by atoms with Crippen LogP contribution in [0.2, 0.25) is 0 Å². The first-order valence-corrected chi connectivity index (χ1v) is 12.5. The van der Waals surface area contributed by atoms with Gasteiger partial charge in [-0.1, -0.05) is 0 Å². The normalized spacial score (nSPS) is 17.3. The van der Waals surface area contributed by atoms with Gasteiger partial charge in [-0.25, -0.2) is 18.2 Å². The van der Waals surface area contributed by atoms with Crippen LogP contribution in [-0.4, -0.2) is 67.3 Å². The maximum absolute atomic E-state index is 13.4. The van der Waals surface area contributed by atoms with Crippen LogP contribution in [0.3, 0.4) is 0 Å². The van der Waals surface area contributed by atoms with Crippen molar-refractivity contribution < 1.29 is 27.2 Å². The van der Waals surface area contributed by atoms with Gasteiger partial charge in [-0.05, 0) is 37.1 Å². The molecule has 2 aromatic heterocycles. The van der Waals surface area contributed by atoms with Gasteiger partial charge in [0.25, 0.3) is 5.91 Å². The van der Waals surface area contributed by atoms with Crippen molar-refractivity contribution in [3.63, 3.8) is 0 Å². The third kappa shape index (κ3) is 5.87. The fraction of sp³-hybridized carbons (Fsp3) is 0.364. The summed E-state index contributed by atoms with van der Waals surface area (Å²) >= 11 is 0. The molecule has 0 spiro atoms. The number of oxazole rings is 1. The summed E-state index contributed by atoms with van der Waals surface area (Å²) in [6, 6.07) is 7.40. The highest BCUT2D eigenvalue weighted by atomic mass is 32.2. The van der Waals surface area contributed by atoms with Crippen LogP contribution in [0.5, 0.6) is 5.75 Å². The quantitative estimate of drug-likeness (QED) is 0.458. The van der Waals surface area contributed by atoms with E-state index in [1.54, 1.807) is 12.1 Å². The van der Waals surface area contributed by atoms with Crippen molar-refractivity contribution in [3.8, 4) is 5.75 Å². The summed E-state index contributed by atoms with van der Waals surface area (Å²) in [7, 11) is -3.96. The monoisotopic (exact) mass is 503 g/mol. The number of nitrogens with one attached hydrogen (secondary N) is 3. The fourth-order valence-electron chi connectivity index (χ4n) is 3.66. The molecule has 0 saturated heterocycles. The second-order valence-corrected chi connectivity index (χ2v) is 9.78. The Morgan fingerprint density at radius 3 is 2.69 bits per heavy atom. The van der Waals surface area contributed by atoms with Crippen LogP contribution in [0, 0.1) is 0 Å². The summed E-state index contributed by atoms with van der Waals surface area (Å²) in [6.07, 6.45) is 2.22. The molecule has 0 fully saturated rings. The number of rotatable bonds is 2. The summed E-state index contributed by atoms with van der Waals surface area (Å²) in [5.74, 6) is -1.07. The molecule has 0 saturated carbocycles. The lowest BCUT2D eigenvalue weighted by molar-refractivity contribution is -0.121. The zero-order chi connectivity index (χ0) is 24.8. The summed E-state index contributed by atoms with van der Waals surface area (Å²) in [5, 5.41) is 5.46. The van der Waals surface area contributed by atoms with E-state index in [1.165, 1.54) is 28.7 Å². The molecular weight excluding hydrogens is 478 g/mol. The summed E-state index contributed by atoms with van der Waals surface area (Å²) in [6.45, 7) is 0.770. The number of hydrogen-bond acceptors (Lipinski definition) is 8. The number of ether oxygens (including phenoxy) is 1. The second kappa shape index (κ2) is 10.7. The molecule has 13 heteroatoms. The lowest BCUT2D eigenvalue weighted by atomic mass is 10.2. The number of H-pyrrole nitrogens is 1. The highest BCUT2D eigenvalue weighted by Crippen LogP contribution is 2.21. The van der Waals surface area contributed by atoms with Crippen molar-refractivity contribution >= 4 is 32.9 Å². The van der Waals surface area contributed by atoms with Gasteiger partial charge in [-0.3, -0.25) is 14.6 Å². The van der Waals surface area contributed by atoms with Gasteiger partial charge >= 0.3 is 5.76 Å². The molecule has 4 rings (SSSR count). The van der Waals surface area contributed by atoms with E-state index in [1.807, 2.05) is 0 Å². The smallest absolute Gasteiger partial charge is 0.417 e. The molecule has 0 bridgehead atoms. The van der Waals surface area contributed by atoms with Crippen LogP contribution in [0.1, 0.15) is 29.8 Å². The number of aromatic amines is 1. The Balaban J connectivity index is 1.53. The molecule has 2 amide bonds. The number of sulfonamides is 1. The van der Waals surface area contributed by atoms with E-state index in [-0.39, 0.29) is 61.3 Å². The lowest BCUT2D eigenvalue weighted by Gasteiger charge is -2.22. The molecule has 1 aliphatic heterocycles. The van der Waals surface area contributed by atoms with Crippen molar-refractivity contribution in [2.45, 2.75) is 24.2 Å². The topological polar surface area (TPSA) is 164 Å². The SMILES string of the molecule is O=C1CCCN(S(=O)(=O)c2ccc3[nH]c(=O)oc3c2)CCCNC(=O)c2ncccc2OCCN1. The van der Waals surface area contributed by atoms with E-state index in [2.05, 4.69) is 20.6 Å². The Morgan fingerprint density at radius 2 is 1.83 bits per heavy atom. The molecule has 0 unspecified atom stereocenters. The van der Waals surface area contributed by atoms with E-state index < -0.39 is 21.7 Å². The number of carbonyl (C=O) groups excluding carboxylic acids is 2. The standard InChI is InChI=1S/C22H25N5O7S/c28-19-5-2-11-27(35(31,32)15-6-7-16-18(14-15)34-22(30)26-16)12-3-9-25-21(29)20-17(4-1-8-24-20)33-13-10-23-19/h1,4,6-8,14H,2-3,5,9-13H2,(H,23,28)(H,25,29)(H,26,30). The van der Waals surface area contributed by atoms with Gasteiger partial charge in [0.2, 0.25) is 15.9 Å². The van der Waals surface area contributed by atoms with Crippen molar-refractivity contribution in [1.29, 1.82) is 0 Å². The van der Waals surface area contributed by atoms with E-state index in [0.717, 1.165) is 0 Å². The molecular formula is C22H25N5O7S. The molecule has 3 heterocycles. The molecule has 186 valence electrons. The van der Waals surface area contributed by atoms with Crippen LogP contribution >= 0.6 is 0 Å². The van der Waals surface area contributed by atoms with Crippen LogP contribution in [0.4, 0.5) is 0 Å². The van der Waals surface area contributed by atoms with Crippen LogP contribution in [0.15, 0.2) is 50.6 Å². The number of pyridine rings is 1. The largest absolute Gasteiger partial charge is 0.489 e. The minimum absolute atomic E-state index is 0.0362. The van der Waals surface area contributed by atoms with Gasteiger partial charge in [0.1, 0.15) is 6.61 Å². The number of aromatic nitrogens is 2. The first kappa shape index (κ1) is 24.4. The van der Waals surface area contributed by atoms with Crippen molar-refractivity contribution in [3.05, 3.63) is 52.8 Å². The van der Waals surface area contributed by atoms with E-state index >= 15 is 0 Å². The van der Waals surface area contributed by atoms with Gasteiger partial charge in [0, 0.05) is 38.3 Å². The van der Waals surface area contributed by atoms with Gasteiger partial charge in [0.15, 0.2) is 17.0 Å². The molecule has 1 aliphatic rings. The van der Waals surface area contributed by atoms with Crippen molar-refractivity contribution in [1.82, 2.24) is 24.9 Å². The van der Waals surface area contributed by atoms with Gasteiger partial charge in [-0.15, -0.1) is 0 Å². The average Bonchev–Trinajstić information content (AvgIpc) is 3.22. The van der Waals surface area contributed by atoms with Gasteiger partial charge in [-0.2, -0.15) is 4.31 Å². The Hall–Kier alpha value is -3.71. The molecule has 35 heavy (non-hydrogen) atoms. The van der Waals surface area contributed by atoms with Crippen molar-refractivity contribution in [2.75, 3.05) is 32.8 Å². The number of benzene rings is 1. The zero-order valence-electron chi connectivity index (χ0n) is 18.8. The number of amides is 2.